The normalized spacial score (nSPS) is 12.6. The van der Waals surface area contributed by atoms with E-state index in [0.29, 0.717) is 10.7 Å². The molecule has 0 fully saturated rings. The molecule has 1 aromatic carbocycles. The Balaban J connectivity index is 1.81. The highest BCUT2D eigenvalue weighted by atomic mass is 35.5. The summed E-state index contributed by atoms with van der Waals surface area (Å²) in [4.78, 5) is 39.4. The monoisotopic (exact) mass is 403 g/mol. The second kappa shape index (κ2) is 10.4. The van der Waals surface area contributed by atoms with Gasteiger partial charge in [-0.3, -0.25) is 9.59 Å². The Hall–Kier alpha value is -2.93. The van der Waals surface area contributed by atoms with Crippen LogP contribution in [0.3, 0.4) is 0 Å². The Morgan fingerprint density at radius 1 is 1.04 bits per heavy atom. The van der Waals surface area contributed by atoms with Crippen LogP contribution in [0.25, 0.3) is 0 Å². The molecule has 0 unspecified atom stereocenters. The van der Waals surface area contributed by atoms with Crippen molar-refractivity contribution in [1.29, 1.82) is 0 Å². The minimum absolute atomic E-state index is 0.0299. The number of hydrogen-bond donors (Lipinski definition) is 3. The fourth-order valence-corrected chi connectivity index (χ4v) is 2.71. The lowest BCUT2D eigenvalue weighted by molar-refractivity contribution is -0.141. The van der Waals surface area contributed by atoms with Gasteiger partial charge in [0.05, 0.1) is 6.04 Å². The number of halogens is 1. The number of carboxylic acids is 1. The molecule has 148 valence electrons. The first kappa shape index (κ1) is 21.4. The van der Waals surface area contributed by atoms with Crippen molar-refractivity contribution in [2.24, 2.45) is 0 Å². The van der Waals surface area contributed by atoms with Crippen molar-refractivity contribution in [2.45, 2.75) is 38.3 Å². The Kier molecular flexibility index (Phi) is 7.95. The Morgan fingerprint density at radius 2 is 1.68 bits per heavy atom. The molecule has 1 aromatic heterocycles. The molecule has 0 saturated heterocycles. The lowest BCUT2D eigenvalue weighted by Gasteiger charge is -2.16. The third kappa shape index (κ3) is 7.00. The second-order valence-electron chi connectivity index (χ2n) is 6.35. The summed E-state index contributed by atoms with van der Waals surface area (Å²) in [6.07, 6.45) is 1.40. The Bertz CT molecular complexity index is 812. The Morgan fingerprint density at radius 3 is 2.25 bits per heavy atom. The van der Waals surface area contributed by atoms with Gasteiger partial charge in [-0.15, -0.1) is 0 Å². The molecule has 2 aromatic rings. The third-order valence-electron chi connectivity index (χ3n) is 4.12. The van der Waals surface area contributed by atoms with E-state index in [1.165, 1.54) is 6.20 Å². The summed E-state index contributed by atoms with van der Waals surface area (Å²) < 4.78 is 0. The molecule has 0 bridgehead atoms. The molecule has 0 aliphatic carbocycles. The second-order valence-corrected chi connectivity index (χ2v) is 6.74. The maximum atomic E-state index is 12.1. The van der Waals surface area contributed by atoms with Gasteiger partial charge in [-0.25, -0.2) is 9.78 Å². The van der Waals surface area contributed by atoms with Crippen LogP contribution in [-0.2, 0) is 20.8 Å². The molecular weight excluding hydrogens is 382 g/mol. The first-order valence-electron chi connectivity index (χ1n) is 8.82. The fraction of sp³-hybridized carbons (Fsp3) is 0.300. The topological polar surface area (TPSA) is 108 Å². The molecule has 1 heterocycles. The van der Waals surface area contributed by atoms with Crippen LogP contribution >= 0.6 is 11.6 Å². The first-order valence-corrected chi connectivity index (χ1v) is 9.20. The zero-order chi connectivity index (χ0) is 20.5. The molecule has 0 radical (unpaired) electrons. The van der Waals surface area contributed by atoms with Crippen molar-refractivity contribution in [3.8, 4) is 0 Å². The van der Waals surface area contributed by atoms with E-state index in [4.69, 9.17) is 11.6 Å². The van der Waals surface area contributed by atoms with Gasteiger partial charge in [-0.2, -0.15) is 0 Å². The predicted molar refractivity (Wildman–Crippen MR) is 105 cm³/mol. The number of benzene rings is 1. The van der Waals surface area contributed by atoms with E-state index in [-0.39, 0.29) is 31.2 Å². The quantitative estimate of drug-likeness (QED) is 0.557. The number of pyridine rings is 1. The highest BCUT2D eigenvalue weighted by molar-refractivity contribution is 6.29. The van der Waals surface area contributed by atoms with Crippen LogP contribution in [0.5, 0.6) is 0 Å². The van der Waals surface area contributed by atoms with Gasteiger partial charge in [0.1, 0.15) is 11.2 Å². The molecule has 2 rings (SSSR count). The van der Waals surface area contributed by atoms with Crippen molar-refractivity contribution in [3.05, 3.63) is 64.9 Å². The number of carbonyl (C=O) groups excluding carboxylic acids is 2. The van der Waals surface area contributed by atoms with Crippen LogP contribution in [0.15, 0.2) is 48.7 Å². The van der Waals surface area contributed by atoms with Crippen LogP contribution in [0.2, 0.25) is 5.15 Å². The number of hydrogen-bond acceptors (Lipinski definition) is 4. The van der Waals surface area contributed by atoms with E-state index in [2.05, 4.69) is 15.6 Å². The molecular formula is C20H22ClN3O4. The highest BCUT2D eigenvalue weighted by Gasteiger charge is 2.21. The zero-order valence-electron chi connectivity index (χ0n) is 15.4. The SMILES string of the molecule is C[C@@H](NC(=O)CCC(=O)N[C@H](Cc1ccc(Cl)nc1)C(=O)O)c1ccccc1. The maximum Gasteiger partial charge on any atom is 0.326 e. The van der Waals surface area contributed by atoms with Gasteiger partial charge in [0.25, 0.3) is 0 Å². The highest BCUT2D eigenvalue weighted by Crippen LogP contribution is 2.11. The van der Waals surface area contributed by atoms with E-state index in [9.17, 15) is 19.5 Å². The molecule has 3 N–H and O–H groups in total. The summed E-state index contributed by atoms with van der Waals surface area (Å²) in [6.45, 7) is 1.86. The number of carbonyl (C=O) groups is 3. The maximum absolute atomic E-state index is 12.1. The van der Waals surface area contributed by atoms with Gasteiger partial charge < -0.3 is 15.7 Å². The number of nitrogens with zero attached hydrogens (tertiary/aromatic N) is 1. The van der Waals surface area contributed by atoms with Gasteiger partial charge in [0.2, 0.25) is 11.8 Å². The number of aromatic nitrogens is 1. The Labute approximate surface area is 168 Å². The number of aliphatic carboxylic acids is 1. The molecule has 0 saturated carbocycles. The summed E-state index contributed by atoms with van der Waals surface area (Å²) in [6, 6.07) is 11.4. The summed E-state index contributed by atoms with van der Waals surface area (Å²) >= 11 is 5.71. The van der Waals surface area contributed by atoms with E-state index in [1.54, 1.807) is 12.1 Å². The lowest BCUT2D eigenvalue weighted by atomic mass is 10.1. The van der Waals surface area contributed by atoms with Gasteiger partial charge in [0.15, 0.2) is 0 Å². The van der Waals surface area contributed by atoms with Crippen molar-refractivity contribution in [1.82, 2.24) is 15.6 Å². The fourth-order valence-electron chi connectivity index (χ4n) is 2.60. The molecule has 28 heavy (non-hydrogen) atoms. The molecule has 0 aliphatic rings. The van der Waals surface area contributed by atoms with E-state index in [1.807, 2.05) is 37.3 Å². The van der Waals surface area contributed by atoms with Crippen LogP contribution < -0.4 is 10.6 Å². The summed E-state index contributed by atoms with van der Waals surface area (Å²) in [5.74, 6) is -1.94. The third-order valence-corrected chi connectivity index (χ3v) is 4.34. The average Bonchev–Trinajstić information content (AvgIpc) is 2.68. The average molecular weight is 404 g/mol. The van der Waals surface area contributed by atoms with Crippen LogP contribution in [0, 0.1) is 0 Å². The lowest BCUT2D eigenvalue weighted by Crippen LogP contribution is -2.42. The van der Waals surface area contributed by atoms with Gasteiger partial charge in [-0.05, 0) is 24.1 Å². The van der Waals surface area contributed by atoms with Crippen molar-refractivity contribution in [3.63, 3.8) is 0 Å². The largest absolute Gasteiger partial charge is 0.480 e. The van der Waals surface area contributed by atoms with E-state index in [0.717, 1.165) is 5.56 Å². The van der Waals surface area contributed by atoms with E-state index < -0.39 is 17.9 Å². The van der Waals surface area contributed by atoms with E-state index >= 15 is 0 Å². The predicted octanol–water partition coefficient (Wildman–Crippen LogP) is 2.50. The standard InChI is InChI=1S/C20H22ClN3O4/c1-13(15-5-3-2-4-6-15)23-18(25)9-10-19(26)24-16(20(27)28)11-14-7-8-17(21)22-12-14/h2-8,12-13,16H,9-11H2,1H3,(H,23,25)(H,24,26)(H,27,28)/t13-,16-/m1/s1. The first-order chi connectivity index (χ1) is 13.3. The summed E-state index contributed by atoms with van der Waals surface area (Å²) in [7, 11) is 0. The van der Waals surface area contributed by atoms with Crippen molar-refractivity contribution >= 4 is 29.4 Å². The van der Waals surface area contributed by atoms with Crippen LogP contribution in [0.1, 0.15) is 36.9 Å². The minimum Gasteiger partial charge on any atom is -0.480 e. The van der Waals surface area contributed by atoms with Crippen LogP contribution in [-0.4, -0.2) is 33.9 Å². The van der Waals surface area contributed by atoms with Crippen molar-refractivity contribution in [2.75, 3.05) is 0 Å². The zero-order valence-corrected chi connectivity index (χ0v) is 16.1. The minimum atomic E-state index is -1.16. The van der Waals surface area contributed by atoms with Crippen LogP contribution in [0.4, 0.5) is 0 Å². The molecule has 8 heteroatoms. The number of nitrogens with one attached hydrogen (secondary N) is 2. The van der Waals surface area contributed by atoms with Crippen molar-refractivity contribution < 1.29 is 19.5 Å². The number of amides is 2. The molecule has 7 nitrogen and oxygen atoms in total. The summed E-state index contributed by atoms with van der Waals surface area (Å²) in [5.41, 5.74) is 1.59. The number of carboxylic acid groups (broad SMARTS) is 1. The number of rotatable bonds is 9. The van der Waals surface area contributed by atoms with Gasteiger partial charge in [0, 0.05) is 25.5 Å². The molecule has 2 atom stereocenters. The van der Waals surface area contributed by atoms with Gasteiger partial charge in [-0.1, -0.05) is 48.0 Å². The molecule has 2 amide bonds. The molecule has 0 spiro atoms. The summed E-state index contributed by atoms with van der Waals surface area (Å²) in [5, 5.41) is 14.9. The molecule has 0 aliphatic heterocycles. The van der Waals surface area contributed by atoms with Gasteiger partial charge >= 0.3 is 5.97 Å². The smallest absolute Gasteiger partial charge is 0.326 e.